The average Bonchev–Trinajstić information content (AvgIpc) is 2.93. The van der Waals surface area contributed by atoms with Gasteiger partial charge in [-0.15, -0.1) is 0 Å². The van der Waals surface area contributed by atoms with Crippen LogP contribution in [-0.2, 0) is 18.7 Å². The standard InChI is InChI=1S/C29H36O8Si/c1-7-29(37-38(8-2,9-3)10-4)15-20(35-5)22-17(24(29)28(34)36-6)14-18-23(27(22)33)26(32)21-16(25(18)31)12-11-13-19(21)30/h11-14,20,24,30,33H,7-10,15H2,1-6H3/t20-,24-,29+/m0/s1. The van der Waals surface area contributed by atoms with Gasteiger partial charge in [0.1, 0.15) is 17.4 Å². The topological polar surface area (TPSA) is 119 Å². The lowest BCUT2D eigenvalue weighted by Gasteiger charge is -2.50. The molecule has 0 aromatic heterocycles. The van der Waals surface area contributed by atoms with Gasteiger partial charge in [0.2, 0.25) is 5.78 Å². The molecule has 8 nitrogen and oxygen atoms in total. The minimum absolute atomic E-state index is 0.0232. The number of phenols is 2. The van der Waals surface area contributed by atoms with E-state index < -0.39 is 49.2 Å². The lowest BCUT2D eigenvalue weighted by molar-refractivity contribution is -0.152. The average molecular weight is 541 g/mol. The number of ether oxygens (including phenoxy) is 2. The molecule has 38 heavy (non-hydrogen) atoms. The minimum Gasteiger partial charge on any atom is -0.507 e. The van der Waals surface area contributed by atoms with Gasteiger partial charge in [0.25, 0.3) is 0 Å². The fourth-order valence-corrected chi connectivity index (χ4v) is 9.47. The Morgan fingerprint density at radius 1 is 1.00 bits per heavy atom. The summed E-state index contributed by atoms with van der Waals surface area (Å²) in [6.07, 6.45) is 0.0298. The van der Waals surface area contributed by atoms with Gasteiger partial charge >= 0.3 is 5.97 Å². The molecule has 204 valence electrons. The van der Waals surface area contributed by atoms with Crippen molar-refractivity contribution in [3.63, 3.8) is 0 Å². The summed E-state index contributed by atoms with van der Waals surface area (Å²) in [6.45, 7) is 8.29. The highest BCUT2D eigenvalue weighted by Crippen LogP contribution is 2.55. The molecule has 0 fully saturated rings. The van der Waals surface area contributed by atoms with E-state index in [0.717, 1.165) is 18.1 Å². The second-order valence-electron chi connectivity index (χ2n) is 10.2. The molecule has 3 atom stereocenters. The Hall–Kier alpha value is -3.01. The van der Waals surface area contributed by atoms with Gasteiger partial charge in [-0.2, -0.15) is 0 Å². The van der Waals surface area contributed by atoms with Crippen LogP contribution in [0.25, 0.3) is 0 Å². The number of carbonyl (C=O) groups is 3. The van der Waals surface area contributed by atoms with Crippen LogP contribution in [0.4, 0.5) is 0 Å². The molecule has 2 N–H and O–H groups in total. The largest absolute Gasteiger partial charge is 0.507 e. The third kappa shape index (κ3) is 3.99. The van der Waals surface area contributed by atoms with Crippen LogP contribution >= 0.6 is 0 Å². The van der Waals surface area contributed by atoms with Gasteiger partial charge in [-0.3, -0.25) is 14.4 Å². The van der Waals surface area contributed by atoms with Crippen molar-refractivity contribution in [2.45, 2.75) is 76.3 Å². The Kier molecular flexibility index (Phi) is 7.57. The Balaban J connectivity index is 2.03. The lowest BCUT2D eigenvalue weighted by atomic mass is 9.67. The number of benzene rings is 2. The monoisotopic (exact) mass is 540 g/mol. The number of carbonyl (C=O) groups excluding carboxylic acids is 3. The Morgan fingerprint density at radius 2 is 1.66 bits per heavy atom. The molecule has 0 aliphatic heterocycles. The van der Waals surface area contributed by atoms with Crippen LogP contribution in [0.15, 0.2) is 24.3 Å². The van der Waals surface area contributed by atoms with E-state index in [2.05, 4.69) is 20.8 Å². The highest BCUT2D eigenvalue weighted by atomic mass is 28.4. The van der Waals surface area contributed by atoms with Crippen molar-refractivity contribution in [1.82, 2.24) is 0 Å². The SMILES string of the molecule is CC[C@@]1(O[Si](CC)(CC)CC)C[C@H](OC)c2c(cc3c(c2O)C(=O)c2c(O)cccc2C3=O)[C@H]1C(=O)OC. The quantitative estimate of drug-likeness (QED) is 0.288. The van der Waals surface area contributed by atoms with E-state index in [9.17, 15) is 24.6 Å². The van der Waals surface area contributed by atoms with E-state index in [1.54, 1.807) is 0 Å². The van der Waals surface area contributed by atoms with Crippen molar-refractivity contribution < 1.29 is 38.5 Å². The van der Waals surface area contributed by atoms with Crippen LogP contribution in [0.3, 0.4) is 0 Å². The zero-order valence-corrected chi connectivity index (χ0v) is 23.8. The smallest absolute Gasteiger partial charge is 0.316 e. The van der Waals surface area contributed by atoms with Crippen molar-refractivity contribution in [1.29, 1.82) is 0 Å². The van der Waals surface area contributed by atoms with Crippen molar-refractivity contribution in [2.75, 3.05) is 14.2 Å². The van der Waals surface area contributed by atoms with Gasteiger partial charge in [0.05, 0.1) is 29.9 Å². The fourth-order valence-electron chi connectivity index (χ4n) is 6.33. The molecule has 2 aliphatic carbocycles. The van der Waals surface area contributed by atoms with E-state index in [1.165, 1.54) is 38.5 Å². The molecule has 0 saturated carbocycles. The molecule has 2 aromatic carbocycles. The first-order valence-electron chi connectivity index (χ1n) is 13.2. The number of phenolic OH excluding ortho intramolecular Hbond substituents is 2. The highest BCUT2D eigenvalue weighted by molar-refractivity contribution is 6.73. The van der Waals surface area contributed by atoms with E-state index in [4.69, 9.17) is 13.9 Å². The zero-order chi connectivity index (χ0) is 28.0. The summed E-state index contributed by atoms with van der Waals surface area (Å²) in [5.74, 6) is -3.41. The number of esters is 1. The molecular weight excluding hydrogens is 504 g/mol. The second-order valence-corrected chi connectivity index (χ2v) is 14.8. The van der Waals surface area contributed by atoms with Crippen LogP contribution in [0.2, 0.25) is 18.1 Å². The van der Waals surface area contributed by atoms with Crippen LogP contribution in [0.5, 0.6) is 11.5 Å². The first kappa shape index (κ1) is 28.0. The number of ketones is 2. The van der Waals surface area contributed by atoms with Crippen molar-refractivity contribution in [3.8, 4) is 11.5 Å². The van der Waals surface area contributed by atoms with Gasteiger partial charge in [0.15, 0.2) is 14.1 Å². The van der Waals surface area contributed by atoms with Crippen molar-refractivity contribution >= 4 is 25.9 Å². The number of rotatable bonds is 8. The summed E-state index contributed by atoms with van der Waals surface area (Å²) in [4.78, 5) is 40.6. The van der Waals surface area contributed by atoms with Crippen LogP contribution in [-0.4, -0.2) is 55.9 Å². The molecule has 0 spiro atoms. The maximum atomic E-state index is 13.6. The molecule has 0 radical (unpaired) electrons. The summed E-state index contributed by atoms with van der Waals surface area (Å²) in [5.41, 5.74) is -0.681. The van der Waals surface area contributed by atoms with Crippen LogP contribution < -0.4 is 0 Å². The highest BCUT2D eigenvalue weighted by Gasteiger charge is 2.55. The Labute approximate surface area is 224 Å². The molecule has 2 aromatic rings. The van der Waals surface area contributed by atoms with Gasteiger partial charge in [0, 0.05) is 30.2 Å². The third-order valence-electron chi connectivity index (χ3n) is 8.72. The summed E-state index contributed by atoms with van der Waals surface area (Å²) >= 11 is 0. The van der Waals surface area contributed by atoms with Gasteiger partial charge in [-0.05, 0) is 42.2 Å². The van der Waals surface area contributed by atoms with Crippen molar-refractivity contribution in [3.05, 3.63) is 57.6 Å². The number of methoxy groups -OCH3 is 2. The van der Waals surface area contributed by atoms with Crippen LogP contribution in [0, 0.1) is 0 Å². The zero-order valence-electron chi connectivity index (χ0n) is 22.8. The molecule has 0 amide bonds. The molecule has 0 heterocycles. The molecule has 0 bridgehead atoms. The van der Waals surface area contributed by atoms with Gasteiger partial charge in [-0.1, -0.05) is 39.8 Å². The van der Waals surface area contributed by atoms with Gasteiger partial charge < -0.3 is 24.1 Å². The predicted octanol–water partition coefficient (Wildman–Crippen LogP) is 5.39. The third-order valence-corrected chi connectivity index (χ3v) is 13.4. The van der Waals surface area contributed by atoms with E-state index >= 15 is 0 Å². The molecule has 2 aliphatic rings. The molecular formula is C29H36O8Si. The van der Waals surface area contributed by atoms with E-state index in [0.29, 0.717) is 12.0 Å². The first-order chi connectivity index (χ1) is 18.1. The summed E-state index contributed by atoms with van der Waals surface area (Å²) in [5, 5.41) is 21.9. The molecule has 0 saturated heterocycles. The van der Waals surface area contributed by atoms with E-state index in [1.807, 2.05) is 6.92 Å². The molecule has 4 rings (SSSR count). The molecule has 0 unspecified atom stereocenters. The fraction of sp³-hybridized carbons (Fsp3) is 0.483. The maximum absolute atomic E-state index is 13.6. The number of aromatic hydroxyl groups is 2. The first-order valence-corrected chi connectivity index (χ1v) is 15.7. The Bertz CT molecular complexity index is 1290. The number of hydrogen-bond acceptors (Lipinski definition) is 8. The summed E-state index contributed by atoms with van der Waals surface area (Å²) in [6, 6.07) is 8.39. The summed E-state index contributed by atoms with van der Waals surface area (Å²) in [7, 11) is 0.554. The lowest BCUT2D eigenvalue weighted by Crippen LogP contribution is -2.55. The predicted molar refractivity (Wildman–Crippen MR) is 144 cm³/mol. The number of hydrogen-bond donors (Lipinski definition) is 2. The number of fused-ring (bicyclic) bond motifs is 3. The van der Waals surface area contributed by atoms with Crippen molar-refractivity contribution in [2.24, 2.45) is 0 Å². The van der Waals surface area contributed by atoms with Crippen LogP contribution in [0.1, 0.15) is 95.5 Å². The maximum Gasteiger partial charge on any atom is 0.316 e. The summed E-state index contributed by atoms with van der Waals surface area (Å²) < 4.78 is 18.2. The minimum atomic E-state index is -2.26. The van der Waals surface area contributed by atoms with E-state index in [-0.39, 0.29) is 40.0 Å². The molecule has 9 heteroatoms. The Morgan fingerprint density at radius 3 is 2.21 bits per heavy atom. The van der Waals surface area contributed by atoms with Gasteiger partial charge in [-0.25, -0.2) is 0 Å². The second kappa shape index (κ2) is 10.3. The normalized spacial score (nSPS) is 22.5.